The Balaban J connectivity index is 2.48. The number of nitrogens with two attached hydrogens (primary N) is 1. The van der Waals surface area contributed by atoms with Gasteiger partial charge in [-0.3, -0.25) is 4.79 Å². The van der Waals surface area contributed by atoms with Gasteiger partial charge in [-0.2, -0.15) is 0 Å². The predicted molar refractivity (Wildman–Crippen MR) is 67.6 cm³/mol. The highest BCUT2D eigenvalue weighted by Crippen LogP contribution is 2.19. The Morgan fingerprint density at radius 1 is 1.53 bits per heavy atom. The first-order chi connectivity index (χ1) is 7.71. The first kappa shape index (κ1) is 14.8. The van der Waals surface area contributed by atoms with Crippen molar-refractivity contribution in [3.05, 3.63) is 0 Å². The zero-order chi connectivity index (χ0) is 13.2. The molecule has 2 unspecified atom stereocenters. The van der Waals surface area contributed by atoms with Crippen molar-refractivity contribution in [2.75, 3.05) is 0 Å². The van der Waals surface area contributed by atoms with Crippen molar-refractivity contribution in [3.8, 4) is 0 Å². The van der Waals surface area contributed by atoms with Gasteiger partial charge >= 0.3 is 5.97 Å². The minimum atomic E-state index is -1.16. The molecule has 3 N–H and O–H groups in total. The molecule has 0 aromatic carbocycles. The third-order valence-electron chi connectivity index (χ3n) is 2.74. The molecule has 4 atom stereocenters. The Morgan fingerprint density at radius 3 is 2.59 bits per heavy atom. The first-order valence-electron chi connectivity index (χ1n) is 5.86. The molecule has 1 rings (SSSR count). The van der Waals surface area contributed by atoms with Gasteiger partial charge in [-0.1, -0.05) is 0 Å². The second-order valence-corrected chi connectivity index (χ2v) is 7.44. The lowest BCUT2D eigenvalue weighted by atomic mass is 10.0. The highest BCUT2D eigenvalue weighted by atomic mass is 32.2. The monoisotopic (exact) mass is 262 g/mol. The number of nitrogens with one attached hydrogen (secondary N) is 1. The van der Waals surface area contributed by atoms with E-state index in [0.29, 0.717) is 12.8 Å². The molecule has 5 nitrogen and oxygen atoms in total. The molecule has 0 saturated carbocycles. The van der Waals surface area contributed by atoms with Crippen LogP contribution in [0.25, 0.3) is 0 Å². The highest BCUT2D eigenvalue weighted by Gasteiger charge is 2.35. The molecule has 0 radical (unpaired) electrons. The van der Waals surface area contributed by atoms with E-state index in [-0.39, 0.29) is 22.9 Å². The van der Waals surface area contributed by atoms with Crippen LogP contribution < -0.4 is 10.5 Å². The number of hydrogen-bond acceptors (Lipinski definition) is 5. The maximum Gasteiger partial charge on any atom is 0.323 e. The summed E-state index contributed by atoms with van der Waals surface area (Å²) in [7, 11) is 0. The van der Waals surface area contributed by atoms with Crippen molar-refractivity contribution < 1.29 is 14.1 Å². The Morgan fingerprint density at radius 2 is 2.12 bits per heavy atom. The van der Waals surface area contributed by atoms with Gasteiger partial charge in [0.1, 0.15) is 16.9 Å². The average molecular weight is 262 g/mol. The Bertz CT molecular complexity index is 280. The summed E-state index contributed by atoms with van der Waals surface area (Å²) < 4.78 is 19.8. The fourth-order valence-corrected chi connectivity index (χ4v) is 2.37. The smallest absolute Gasteiger partial charge is 0.323 e. The third kappa shape index (κ3) is 4.13. The molecule has 0 bridgehead atoms. The van der Waals surface area contributed by atoms with Gasteiger partial charge in [-0.05, 0) is 40.5 Å². The van der Waals surface area contributed by atoms with E-state index in [2.05, 4.69) is 4.72 Å². The molecule has 1 fully saturated rings. The summed E-state index contributed by atoms with van der Waals surface area (Å²) >= 11 is -1.16. The molecule has 100 valence electrons. The van der Waals surface area contributed by atoms with E-state index in [1.165, 1.54) is 0 Å². The van der Waals surface area contributed by atoms with Crippen molar-refractivity contribution in [1.82, 2.24) is 4.72 Å². The largest absolute Gasteiger partial charge is 0.598 e. The summed E-state index contributed by atoms with van der Waals surface area (Å²) in [6, 6.07) is -0.641. The molecule has 1 heterocycles. The van der Waals surface area contributed by atoms with Crippen LogP contribution in [-0.2, 0) is 20.9 Å². The van der Waals surface area contributed by atoms with Crippen LogP contribution in [0.3, 0.4) is 0 Å². The van der Waals surface area contributed by atoms with E-state index >= 15 is 0 Å². The van der Waals surface area contributed by atoms with Crippen LogP contribution in [0.4, 0.5) is 0 Å². The molecular weight excluding hydrogens is 240 g/mol. The van der Waals surface area contributed by atoms with Crippen LogP contribution in [0.1, 0.15) is 40.5 Å². The zero-order valence-electron chi connectivity index (χ0n) is 10.9. The molecule has 0 aromatic rings. The van der Waals surface area contributed by atoms with Gasteiger partial charge in [0.05, 0.1) is 6.04 Å². The molecule has 17 heavy (non-hydrogen) atoms. The van der Waals surface area contributed by atoms with Crippen LogP contribution in [-0.4, -0.2) is 33.5 Å². The van der Waals surface area contributed by atoms with Crippen LogP contribution in [0, 0.1) is 0 Å². The molecule has 0 spiro atoms. The van der Waals surface area contributed by atoms with Crippen LogP contribution in [0.15, 0.2) is 0 Å². The van der Waals surface area contributed by atoms with Crippen molar-refractivity contribution in [2.45, 2.75) is 63.5 Å². The van der Waals surface area contributed by atoms with Crippen LogP contribution in [0.2, 0.25) is 0 Å². The molecule has 1 aliphatic rings. The third-order valence-corrected chi connectivity index (χ3v) is 4.44. The summed E-state index contributed by atoms with van der Waals surface area (Å²) in [5.74, 6) is -0.364. The van der Waals surface area contributed by atoms with Crippen LogP contribution in [0.5, 0.6) is 0 Å². The van der Waals surface area contributed by atoms with Crippen molar-refractivity contribution in [2.24, 2.45) is 5.73 Å². The molecule has 1 aliphatic heterocycles. The van der Waals surface area contributed by atoms with E-state index in [1.807, 2.05) is 27.7 Å². The molecular formula is C11H22N2O3S. The maximum atomic E-state index is 11.9. The number of ether oxygens (including phenoxy) is 1. The number of rotatable bonds is 3. The lowest BCUT2D eigenvalue weighted by molar-refractivity contribution is -0.157. The van der Waals surface area contributed by atoms with E-state index in [4.69, 9.17) is 10.5 Å². The van der Waals surface area contributed by atoms with Gasteiger partial charge in [0.2, 0.25) is 0 Å². The van der Waals surface area contributed by atoms with Gasteiger partial charge in [-0.25, -0.2) is 0 Å². The first-order valence-corrected chi connectivity index (χ1v) is 7.01. The highest BCUT2D eigenvalue weighted by molar-refractivity contribution is 7.90. The fraction of sp³-hybridized carbons (Fsp3) is 0.909. The summed E-state index contributed by atoms with van der Waals surface area (Å²) in [6.07, 6.45) is 1.09. The molecule has 1 saturated heterocycles. The Kier molecular flexibility index (Phi) is 4.83. The minimum absolute atomic E-state index is 0.133. The average Bonchev–Trinajstić information content (AvgIpc) is 2.20. The molecule has 0 aliphatic carbocycles. The van der Waals surface area contributed by atoms with E-state index in [1.54, 1.807) is 0 Å². The number of esters is 1. The lowest BCUT2D eigenvalue weighted by Crippen LogP contribution is -2.52. The van der Waals surface area contributed by atoms with Crippen molar-refractivity contribution in [1.29, 1.82) is 0 Å². The molecule has 0 amide bonds. The number of carbonyl (C=O) groups excluding carboxylic acids is 1. The van der Waals surface area contributed by atoms with E-state index in [9.17, 15) is 9.35 Å². The zero-order valence-corrected chi connectivity index (χ0v) is 11.7. The number of hydrogen-bond donors (Lipinski definition) is 2. The predicted octanol–water partition coefficient (Wildman–Crippen LogP) is 0.460. The maximum absolute atomic E-state index is 11.9. The van der Waals surface area contributed by atoms with Crippen molar-refractivity contribution in [3.63, 3.8) is 0 Å². The second-order valence-electron chi connectivity index (χ2n) is 5.45. The molecule has 0 aromatic heterocycles. The van der Waals surface area contributed by atoms with Gasteiger partial charge in [0.25, 0.3) is 0 Å². The van der Waals surface area contributed by atoms with E-state index in [0.717, 1.165) is 0 Å². The minimum Gasteiger partial charge on any atom is -0.598 e. The van der Waals surface area contributed by atoms with Gasteiger partial charge in [-0.15, -0.1) is 4.72 Å². The quantitative estimate of drug-likeness (QED) is 0.570. The van der Waals surface area contributed by atoms with Gasteiger partial charge in [0.15, 0.2) is 0 Å². The molecule has 6 heteroatoms. The summed E-state index contributed by atoms with van der Waals surface area (Å²) in [5, 5.41) is 0. The number of cyclic esters (lactones) is 1. The normalized spacial score (nSPS) is 29.6. The summed E-state index contributed by atoms with van der Waals surface area (Å²) in [5.41, 5.74) is 5.56. The Labute approximate surface area is 106 Å². The second kappa shape index (κ2) is 5.56. The van der Waals surface area contributed by atoms with Crippen LogP contribution >= 0.6 is 0 Å². The summed E-state index contributed by atoms with van der Waals surface area (Å²) in [4.78, 5) is 11.3. The van der Waals surface area contributed by atoms with Gasteiger partial charge < -0.3 is 15.0 Å². The SMILES string of the molecule is C[C@@H](N[S+]([O-])C(C)(C)C)[C@@H]1CCC(N)C(=O)O1. The van der Waals surface area contributed by atoms with E-state index < -0.39 is 17.4 Å². The standard InChI is InChI=1S/C11H22N2O3S/c1-7(13-17(15)11(2,3)4)9-6-5-8(12)10(14)16-9/h7-9,13H,5-6,12H2,1-4H3/t7-,8?,9+,17?/m1/s1. The lowest BCUT2D eigenvalue weighted by Gasteiger charge is -2.33. The number of carbonyl (C=O) groups is 1. The Hall–Kier alpha value is -0.300. The fourth-order valence-electron chi connectivity index (χ4n) is 1.53. The topological polar surface area (TPSA) is 87.4 Å². The van der Waals surface area contributed by atoms with Crippen molar-refractivity contribution >= 4 is 17.3 Å². The summed E-state index contributed by atoms with van der Waals surface area (Å²) in [6.45, 7) is 7.56. The van der Waals surface area contributed by atoms with Gasteiger partial charge in [0, 0.05) is 11.4 Å².